The van der Waals surface area contributed by atoms with Gasteiger partial charge in [-0.3, -0.25) is 4.79 Å². The van der Waals surface area contributed by atoms with Crippen LogP contribution in [0.5, 0.6) is 0 Å². The zero-order valence-electron chi connectivity index (χ0n) is 14.6. The van der Waals surface area contributed by atoms with Crippen molar-refractivity contribution < 1.29 is 4.79 Å². The maximum Gasteiger partial charge on any atom is 0.222 e. The summed E-state index contributed by atoms with van der Waals surface area (Å²) in [5.74, 6) is 0.960. The second-order valence-electron chi connectivity index (χ2n) is 7.23. The molecule has 0 aliphatic carbocycles. The number of carbonyl (C=O) groups excluding carboxylic acids is 1. The Bertz CT molecular complexity index is 516. The standard InChI is InChI=1S/C20H30N2O/c1-3-20(23)22-18-9-10-19(22)15-21(14-12-18)13-11-16(2)17-7-5-4-6-8-17/h4-8,16,18-19H,3,9-15H2,1-2H3. The molecule has 0 aromatic heterocycles. The number of hydrogen-bond acceptors (Lipinski definition) is 2. The van der Waals surface area contributed by atoms with Crippen LogP contribution in [-0.4, -0.2) is 47.4 Å². The quantitative estimate of drug-likeness (QED) is 0.828. The van der Waals surface area contributed by atoms with Crippen LogP contribution in [0.15, 0.2) is 30.3 Å². The Morgan fingerprint density at radius 3 is 2.65 bits per heavy atom. The maximum absolute atomic E-state index is 12.2. The van der Waals surface area contributed by atoms with Crippen LogP contribution in [0.1, 0.15) is 57.4 Å². The zero-order valence-corrected chi connectivity index (χ0v) is 14.6. The molecule has 0 spiro atoms. The first kappa shape index (κ1) is 16.5. The second kappa shape index (κ2) is 7.48. The number of fused-ring (bicyclic) bond motifs is 2. The molecule has 3 unspecified atom stereocenters. The summed E-state index contributed by atoms with van der Waals surface area (Å²) in [5.41, 5.74) is 1.44. The predicted molar refractivity (Wildman–Crippen MR) is 94.5 cm³/mol. The van der Waals surface area contributed by atoms with Crippen molar-refractivity contribution in [3.8, 4) is 0 Å². The summed E-state index contributed by atoms with van der Waals surface area (Å²) < 4.78 is 0. The summed E-state index contributed by atoms with van der Waals surface area (Å²) in [6, 6.07) is 11.8. The van der Waals surface area contributed by atoms with Gasteiger partial charge in [0.15, 0.2) is 0 Å². The molecule has 126 valence electrons. The van der Waals surface area contributed by atoms with E-state index in [-0.39, 0.29) is 0 Å². The van der Waals surface area contributed by atoms with Gasteiger partial charge < -0.3 is 9.80 Å². The lowest BCUT2D eigenvalue weighted by Gasteiger charge is -2.29. The number of nitrogens with zero attached hydrogens (tertiary/aromatic N) is 2. The molecule has 0 radical (unpaired) electrons. The van der Waals surface area contributed by atoms with E-state index < -0.39 is 0 Å². The maximum atomic E-state index is 12.2. The number of rotatable bonds is 5. The summed E-state index contributed by atoms with van der Waals surface area (Å²) in [5, 5.41) is 0. The van der Waals surface area contributed by atoms with E-state index in [0.717, 1.165) is 26.1 Å². The molecule has 0 N–H and O–H groups in total. The molecule has 2 fully saturated rings. The predicted octanol–water partition coefficient (Wildman–Crippen LogP) is 3.66. The molecule has 2 aliphatic heterocycles. The average molecular weight is 314 g/mol. The van der Waals surface area contributed by atoms with Gasteiger partial charge in [-0.1, -0.05) is 44.2 Å². The third kappa shape index (κ3) is 3.77. The SMILES string of the molecule is CCC(=O)N1C2CCC1CN(CCC(C)c1ccccc1)CC2. The van der Waals surface area contributed by atoms with Gasteiger partial charge in [0, 0.05) is 31.6 Å². The first-order valence-corrected chi connectivity index (χ1v) is 9.27. The molecule has 1 amide bonds. The van der Waals surface area contributed by atoms with Crippen molar-refractivity contribution >= 4 is 5.91 Å². The van der Waals surface area contributed by atoms with Crippen molar-refractivity contribution in [1.82, 2.24) is 9.80 Å². The molecule has 1 aromatic carbocycles. The molecular formula is C20H30N2O. The molecule has 3 heteroatoms. The third-order valence-electron chi connectivity index (χ3n) is 5.70. The third-order valence-corrected chi connectivity index (χ3v) is 5.70. The van der Waals surface area contributed by atoms with Crippen LogP contribution in [0.25, 0.3) is 0 Å². The fraction of sp³-hybridized carbons (Fsp3) is 0.650. The monoisotopic (exact) mass is 314 g/mol. The Morgan fingerprint density at radius 2 is 1.91 bits per heavy atom. The minimum atomic E-state index is 0.358. The first-order valence-electron chi connectivity index (χ1n) is 9.27. The van der Waals surface area contributed by atoms with Crippen LogP contribution in [0.2, 0.25) is 0 Å². The van der Waals surface area contributed by atoms with Gasteiger partial charge in [-0.05, 0) is 43.7 Å². The number of benzene rings is 1. The highest BCUT2D eigenvalue weighted by Gasteiger charge is 2.39. The van der Waals surface area contributed by atoms with Gasteiger partial charge in [0.05, 0.1) is 0 Å². The van der Waals surface area contributed by atoms with Gasteiger partial charge in [-0.25, -0.2) is 0 Å². The van der Waals surface area contributed by atoms with Gasteiger partial charge in [-0.15, -0.1) is 0 Å². The van der Waals surface area contributed by atoms with Gasteiger partial charge in [-0.2, -0.15) is 0 Å². The molecule has 3 rings (SSSR count). The minimum absolute atomic E-state index is 0.358. The normalized spacial score (nSPS) is 26.1. The molecular weight excluding hydrogens is 284 g/mol. The lowest BCUT2D eigenvalue weighted by Crippen LogP contribution is -2.43. The van der Waals surface area contributed by atoms with Crippen LogP contribution in [-0.2, 0) is 4.79 Å². The highest BCUT2D eigenvalue weighted by molar-refractivity contribution is 5.77. The van der Waals surface area contributed by atoms with E-state index in [4.69, 9.17) is 0 Å². The fourth-order valence-corrected chi connectivity index (χ4v) is 4.26. The average Bonchev–Trinajstić information content (AvgIpc) is 2.88. The molecule has 1 aromatic rings. The number of carbonyl (C=O) groups is 1. The molecule has 2 aliphatic rings. The Hall–Kier alpha value is -1.35. The molecule has 2 heterocycles. The Kier molecular flexibility index (Phi) is 5.37. The first-order chi connectivity index (χ1) is 11.2. The van der Waals surface area contributed by atoms with E-state index in [2.05, 4.69) is 47.1 Å². The van der Waals surface area contributed by atoms with Crippen LogP contribution < -0.4 is 0 Å². The zero-order chi connectivity index (χ0) is 16.2. The van der Waals surface area contributed by atoms with E-state index in [1.165, 1.54) is 24.8 Å². The summed E-state index contributed by atoms with van der Waals surface area (Å²) in [6.07, 6.45) is 5.41. The van der Waals surface area contributed by atoms with Crippen molar-refractivity contribution in [3.63, 3.8) is 0 Å². The van der Waals surface area contributed by atoms with Crippen LogP contribution in [0.3, 0.4) is 0 Å². The molecule has 3 atom stereocenters. The highest BCUT2D eigenvalue weighted by Crippen LogP contribution is 2.31. The van der Waals surface area contributed by atoms with E-state index in [1.54, 1.807) is 0 Å². The number of amides is 1. The van der Waals surface area contributed by atoms with Crippen LogP contribution in [0, 0.1) is 0 Å². The summed E-state index contributed by atoms with van der Waals surface area (Å²) >= 11 is 0. The van der Waals surface area contributed by atoms with Crippen LogP contribution >= 0.6 is 0 Å². The Balaban J connectivity index is 1.55. The Morgan fingerprint density at radius 1 is 1.17 bits per heavy atom. The van der Waals surface area contributed by atoms with Crippen molar-refractivity contribution in [2.24, 2.45) is 0 Å². The number of likely N-dealkylation sites (tertiary alicyclic amines) is 1. The molecule has 0 saturated carbocycles. The van der Waals surface area contributed by atoms with E-state index in [0.29, 0.717) is 30.3 Å². The largest absolute Gasteiger partial charge is 0.335 e. The van der Waals surface area contributed by atoms with Crippen molar-refractivity contribution in [3.05, 3.63) is 35.9 Å². The summed E-state index contributed by atoms with van der Waals surface area (Å²) in [7, 11) is 0. The summed E-state index contributed by atoms with van der Waals surface area (Å²) in [6.45, 7) is 7.69. The lowest BCUT2D eigenvalue weighted by molar-refractivity contribution is -0.133. The molecule has 3 nitrogen and oxygen atoms in total. The summed E-state index contributed by atoms with van der Waals surface area (Å²) in [4.78, 5) is 17.1. The number of hydrogen-bond donors (Lipinski definition) is 0. The minimum Gasteiger partial charge on any atom is -0.335 e. The van der Waals surface area contributed by atoms with E-state index >= 15 is 0 Å². The van der Waals surface area contributed by atoms with Crippen LogP contribution in [0.4, 0.5) is 0 Å². The van der Waals surface area contributed by atoms with Gasteiger partial charge >= 0.3 is 0 Å². The van der Waals surface area contributed by atoms with Crippen molar-refractivity contribution in [2.45, 2.75) is 64.0 Å². The van der Waals surface area contributed by atoms with E-state index in [9.17, 15) is 4.79 Å². The smallest absolute Gasteiger partial charge is 0.222 e. The van der Waals surface area contributed by atoms with Crippen molar-refractivity contribution in [2.75, 3.05) is 19.6 Å². The van der Waals surface area contributed by atoms with Gasteiger partial charge in [0.2, 0.25) is 5.91 Å². The fourth-order valence-electron chi connectivity index (χ4n) is 4.26. The van der Waals surface area contributed by atoms with Gasteiger partial charge in [0.25, 0.3) is 0 Å². The second-order valence-corrected chi connectivity index (χ2v) is 7.23. The Labute approximate surface area is 140 Å². The van der Waals surface area contributed by atoms with E-state index in [1.807, 2.05) is 6.92 Å². The molecule has 23 heavy (non-hydrogen) atoms. The van der Waals surface area contributed by atoms with Crippen molar-refractivity contribution in [1.29, 1.82) is 0 Å². The molecule has 2 saturated heterocycles. The highest BCUT2D eigenvalue weighted by atomic mass is 16.2. The lowest BCUT2D eigenvalue weighted by atomic mass is 9.97. The molecule has 2 bridgehead atoms. The topological polar surface area (TPSA) is 23.6 Å². The van der Waals surface area contributed by atoms with Gasteiger partial charge in [0.1, 0.15) is 0 Å².